The molecule has 4 heterocycles. The second-order valence-electron chi connectivity index (χ2n) is 9.04. The number of fused-ring (bicyclic) bond motifs is 3. The Labute approximate surface area is 202 Å². The van der Waals surface area contributed by atoms with E-state index >= 15 is 0 Å². The zero-order chi connectivity index (χ0) is 24.2. The van der Waals surface area contributed by atoms with Crippen molar-refractivity contribution < 1.29 is 18.3 Å². The van der Waals surface area contributed by atoms with E-state index in [1.807, 2.05) is 23.1 Å². The molecule has 0 spiro atoms. The molecule has 4 aromatic rings. The van der Waals surface area contributed by atoms with E-state index in [1.165, 1.54) is 6.07 Å². The van der Waals surface area contributed by atoms with Crippen LogP contribution in [0.5, 0.6) is 5.75 Å². The minimum absolute atomic E-state index is 0.0768. The fourth-order valence-electron chi connectivity index (χ4n) is 5.30. The number of pyridine rings is 1. The summed E-state index contributed by atoms with van der Waals surface area (Å²) in [6.45, 7) is 2.12. The van der Waals surface area contributed by atoms with E-state index in [-0.39, 0.29) is 23.5 Å². The van der Waals surface area contributed by atoms with Gasteiger partial charge in [0, 0.05) is 50.2 Å². The van der Waals surface area contributed by atoms with Gasteiger partial charge in [-0.3, -0.25) is 14.7 Å². The Morgan fingerprint density at radius 1 is 1.00 bits per heavy atom. The van der Waals surface area contributed by atoms with Gasteiger partial charge in [0.15, 0.2) is 9.84 Å². The highest BCUT2D eigenvalue weighted by Gasteiger charge is 2.36. The van der Waals surface area contributed by atoms with Crippen molar-refractivity contribution >= 4 is 26.6 Å². The smallest absolute Gasteiger partial charge is 0.257 e. The number of carbonyl (C=O) groups is 1. The minimum atomic E-state index is -3.54. The lowest BCUT2D eigenvalue weighted by Gasteiger charge is -2.40. The Morgan fingerprint density at radius 3 is 2.63 bits per heavy atom. The fraction of sp³-hybridized carbons (Fsp3) is 0.231. The first kappa shape index (κ1) is 21.8. The summed E-state index contributed by atoms with van der Waals surface area (Å²) in [5.74, 6) is -0.0835. The van der Waals surface area contributed by atoms with Gasteiger partial charge in [0.2, 0.25) is 0 Å². The van der Waals surface area contributed by atoms with Crippen molar-refractivity contribution in [2.24, 2.45) is 0 Å². The summed E-state index contributed by atoms with van der Waals surface area (Å²) in [4.78, 5) is 25.0. The molecule has 2 aromatic heterocycles. The van der Waals surface area contributed by atoms with Crippen LogP contribution in [0, 0.1) is 0 Å². The predicted octanol–water partition coefficient (Wildman–Crippen LogP) is 3.10. The molecule has 1 atom stereocenters. The molecule has 2 aliphatic rings. The van der Waals surface area contributed by atoms with Crippen LogP contribution in [0.3, 0.4) is 0 Å². The van der Waals surface area contributed by atoms with E-state index < -0.39 is 9.84 Å². The molecular weight excluding hydrogens is 464 g/mol. The zero-order valence-corrected chi connectivity index (χ0v) is 19.7. The Bertz CT molecular complexity index is 1550. The molecule has 0 radical (unpaired) electrons. The quantitative estimate of drug-likeness (QED) is 0.449. The molecule has 9 heteroatoms. The second-order valence-corrected chi connectivity index (χ2v) is 11.0. The molecular formula is C26H24N4O4S. The first-order valence-corrected chi connectivity index (χ1v) is 13.2. The molecule has 178 valence electrons. The number of sulfone groups is 1. The molecule has 8 nitrogen and oxygen atoms in total. The van der Waals surface area contributed by atoms with E-state index in [0.717, 1.165) is 16.5 Å². The summed E-state index contributed by atoms with van der Waals surface area (Å²) >= 11 is 0. The number of phenols is 1. The van der Waals surface area contributed by atoms with E-state index in [4.69, 9.17) is 0 Å². The highest BCUT2D eigenvalue weighted by molar-refractivity contribution is 7.90. The molecule has 1 saturated heterocycles. The third-order valence-electron chi connectivity index (χ3n) is 6.98. The number of phenolic OH excluding ortho intramolecular Hbond substituents is 1. The normalized spacial score (nSPS) is 19.7. The predicted molar refractivity (Wildman–Crippen MR) is 131 cm³/mol. The van der Waals surface area contributed by atoms with Crippen LogP contribution in [0.25, 0.3) is 10.9 Å². The van der Waals surface area contributed by atoms with Crippen molar-refractivity contribution in [3.8, 4) is 5.75 Å². The molecule has 1 amide bonds. The molecule has 0 saturated carbocycles. The third kappa shape index (κ3) is 3.67. The number of aromatic hydroxyl groups is 1. The van der Waals surface area contributed by atoms with Gasteiger partial charge in [0.25, 0.3) is 5.91 Å². The average Bonchev–Trinajstić information content (AvgIpc) is 3.32. The van der Waals surface area contributed by atoms with Crippen molar-refractivity contribution in [1.82, 2.24) is 19.8 Å². The average molecular weight is 489 g/mol. The molecule has 1 fully saturated rings. The maximum atomic E-state index is 13.3. The van der Waals surface area contributed by atoms with Crippen LogP contribution in [-0.4, -0.2) is 65.4 Å². The first-order chi connectivity index (χ1) is 16.9. The molecule has 35 heavy (non-hydrogen) atoms. The standard InChI is InChI=1S/C26H24N4O4S/c31-19-6-5-18-16-35(33,34)23-4-2-1-3-20(23)25(21(18)13-19)29-9-11-30(12-10-29)26(32)22-15-27-14-17-7-8-28-24(17)22/h1-8,13-15,25,28,31H,9-12,16H2. The van der Waals surface area contributed by atoms with Gasteiger partial charge >= 0.3 is 0 Å². The highest BCUT2D eigenvalue weighted by atomic mass is 32.2. The molecule has 1 unspecified atom stereocenters. The number of amides is 1. The molecule has 2 aliphatic heterocycles. The van der Waals surface area contributed by atoms with Gasteiger partial charge in [-0.15, -0.1) is 0 Å². The molecule has 0 aliphatic carbocycles. The number of aromatic amines is 1. The molecule has 2 aromatic carbocycles. The maximum absolute atomic E-state index is 13.3. The van der Waals surface area contributed by atoms with E-state index in [2.05, 4.69) is 14.9 Å². The van der Waals surface area contributed by atoms with Crippen LogP contribution < -0.4 is 0 Å². The van der Waals surface area contributed by atoms with Crippen molar-refractivity contribution in [2.75, 3.05) is 26.2 Å². The summed E-state index contributed by atoms with van der Waals surface area (Å²) in [5, 5.41) is 11.1. The second kappa shape index (κ2) is 8.21. The van der Waals surface area contributed by atoms with Gasteiger partial charge in [-0.25, -0.2) is 8.42 Å². The number of hydrogen-bond donors (Lipinski definition) is 2. The summed E-state index contributed by atoms with van der Waals surface area (Å²) in [5.41, 5.74) is 3.50. The van der Waals surface area contributed by atoms with Crippen molar-refractivity contribution in [3.63, 3.8) is 0 Å². The van der Waals surface area contributed by atoms with Gasteiger partial charge in [-0.05, 0) is 41.0 Å². The number of nitrogens with zero attached hydrogens (tertiary/aromatic N) is 3. The van der Waals surface area contributed by atoms with Crippen LogP contribution in [0.1, 0.15) is 33.1 Å². The third-order valence-corrected chi connectivity index (χ3v) is 8.71. The van der Waals surface area contributed by atoms with Crippen molar-refractivity contribution in [1.29, 1.82) is 0 Å². The number of aromatic nitrogens is 2. The Kier molecular flexibility index (Phi) is 5.12. The monoisotopic (exact) mass is 488 g/mol. The van der Waals surface area contributed by atoms with Gasteiger partial charge in [0.05, 0.1) is 27.8 Å². The number of hydrogen-bond acceptors (Lipinski definition) is 6. The maximum Gasteiger partial charge on any atom is 0.257 e. The Balaban J connectivity index is 1.34. The van der Waals surface area contributed by atoms with Gasteiger partial charge < -0.3 is 15.0 Å². The van der Waals surface area contributed by atoms with Crippen LogP contribution >= 0.6 is 0 Å². The van der Waals surface area contributed by atoms with Crippen molar-refractivity contribution in [3.05, 3.63) is 89.4 Å². The first-order valence-electron chi connectivity index (χ1n) is 11.5. The summed E-state index contributed by atoms with van der Waals surface area (Å²) in [7, 11) is -3.54. The SMILES string of the molecule is O=C(c1cncc2cc[nH]c12)N1CCN(C2c3cc(O)ccc3CS(=O)(=O)c3ccccc32)CC1. The number of carbonyl (C=O) groups excluding carboxylic acids is 1. The minimum Gasteiger partial charge on any atom is -0.508 e. The van der Waals surface area contributed by atoms with Gasteiger partial charge in [0.1, 0.15) is 5.75 Å². The number of H-pyrrole nitrogens is 1. The molecule has 2 N–H and O–H groups in total. The summed E-state index contributed by atoms with van der Waals surface area (Å²) < 4.78 is 26.4. The van der Waals surface area contributed by atoms with E-state index in [9.17, 15) is 18.3 Å². The highest BCUT2D eigenvalue weighted by Crippen LogP contribution is 2.41. The summed E-state index contributed by atoms with van der Waals surface area (Å²) in [6.07, 6.45) is 5.12. The zero-order valence-electron chi connectivity index (χ0n) is 18.9. The van der Waals surface area contributed by atoms with Crippen LogP contribution in [0.15, 0.2) is 72.0 Å². The summed E-state index contributed by atoms with van der Waals surface area (Å²) in [6, 6.07) is 13.6. The van der Waals surface area contributed by atoms with E-state index in [0.29, 0.717) is 47.8 Å². The fourth-order valence-corrected chi connectivity index (χ4v) is 6.95. The number of benzene rings is 2. The topological polar surface area (TPSA) is 107 Å². The Hall–Kier alpha value is -3.69. The molecule has 6 rings (SSSR count). The largest absolute Gasteiger partial charge is 0.508 e. The van der Waals surface area contributed by atoms with Crippen molar-refractivity contribution in [2.45, 2.75) is 16.7 Å². The lowest BCUT2D eigenvalue weighted by Crippen LogP contribution is -2.50. The number of piperazine rings is 1. The number of rotatable bonds is 2. The van der Waals surface area contributed by atoms with Crippen LogP contribution in [0.4, 0.5) is 0 Å². The Morgan fingerprint density at radius 2 is 1.80 bits per heavy atom. The molecule has 0 bridgehead atoms. The van der Waals surface area contributed by atoms with Gasteiger partial charge in [-0.1, -0.05) is 24.3 Å². The number of nitrogens with one attached hydrogen (secondary N) is 1. The van der Waals surface area contributed by atoms with Gasteiger partial charge in [-0.2, -0.15) is 0 Å². The van der Waals surface area contributed by atoms with Crippen LogP contribution in [0.2, 0.25) is 0 Å². The lowest BCUT2D eigenvalue weighted by atomic mass is 9.92. The van der Waals surface area contributed by atoms with Crippen LogP contribution in [-0.2, 0) is 15.6 Å². The van der Waals surface area contributed by atoms with E-state index in [1.54, 1.807) is 42.9 Å². The lowest BCUT2D eigenvalue weighted by molar-refractivity contribution is 0.0597.